The van der Waals surface area contributed by atoms with Gasteiger partial charge >= 0.3 is 0 Å². The van der Waals surface area contributed by atoms with Crippen molar-refractivity contribution in [2.45, 2.75) is 38.8 Å². The maximum atomic E-state index is 14.1. The minimum atomic E-state index is -0.511. The third-order valence-corrected chi connectivity index (χ3v) is 7.23. The number of aliphatic imine (C=N–C) groups is 1. The molecule has 2 saturated heterocycles. The standard InChI is InChI=1S/C26H31Cl2FN6/c1-17-6-5-11-34(17)19(3)32-25(15-24(30)20-8-9-21(27)23(29)14-20)35-13-12-33(16-18(35)2)26-22(28)7-4-10-31-26/h4,7-10,14-15,17-18H,3,5-6,11-13,16,30H2,1-2H3/b24-15-,32-25+/t17-,18+/m1/s1. The van der Waals surface area contributed by atoms with Crippen molar-refractivity contribution in [2.75, 3.05) is 31.1 Å². The second kappa shape index (κ2) is 10.9. The lowest BCUT2D eigenvalue weighted by atomic mass is 10.1. The zero-order chi connectivity index (χ0) is 25.1. The van der Waals surface area contributed by atoms with Crippen LogP contribution in [0.1, 0.15) is 32.3 Å². The van der Waals surface area contributed by atoms with Crippen molar-refractivity contribution in [2.24, 2.45) is 10.7 Å². The molecule has 2 fully saturated rings. The number of pyridine rings is 1. The first kappa shape index (κ1) is 25.3. The SMILES string of the molecule is C=C(/N=C(\C=C(/N)c1ccc(Cl)c(F)c1)N1CCN(c2ncccc2Cl)C[C@@H]1C)N1CCC[C@H]1C. The Morgan fingerprint density at radius 3 is 2.60 bits per heavy atom. The van der Waals surface area contributed by atoms with Gasteiger partial charge in [0.15, 0.2) is 0 Å². The normalized spacial score (nSPS) is 21.6. The van der Waals surface area contributed by atoms with Crippen LogP contribution in [0.15, 0.2) is 60.0 Å². The first-order valence-electron chi connectivity index (χ1n) is 11.8. The average molecular weight is 517 g/mol. The number of rotatable bonds is 5. The van der Waals surface area contributed by atoms with E-state index >= 15 is 0 Å². The number of anilines is 1. The van der Waals surface area contributed by atoms with Crippen molar-refractivity contribution in [3.63, 3.8) is 0 Å². The van der Waals surface area contributed by atoms with Gasteiger partial charge in [0.05, 0.1) is 10.0 Å². The van der Waals surface area contributed by atoms with E-state index in [9.17, 15) is 4.39 Å². The zero-order valence-corrected chi connectivity index (χ0v) is 21.6. The molecular weight excluding hydrogens is 486 g/mol. The van der Waals surface area contributed by atoms with Crippen molar-refractivity contribution in [1.29, 1.82) is 0 Å². The van der Waals surface area contributed by atoms with Crippen LogP contribution in [0.5, 0.6) is 0 Å². The quantitative estimate of drug-likeness (QED) is 0.426. The number of nitrogens with two attached hydrogens (primary N) is 1. The molecule has 4 rings (SSSR count). The highest BCUT2D eigenvalue weighted by atomic mass is 35.5. The third kappa shape index (κ3) is 5.73. The summed E-state index contributed by atoms with van der Waals surface area (Å²) < 4.78 is 14.1. The number of halogens is 3. The van der Waals surface area contributed by atoms with Crippen LogP contribution in [0.2, 0.25) is 10.0 Å². The molecule has 35 heavy (non-hydrogen) atoms. The molecule has 2 aromatic rings. The summed E-state index contributed by atoms with van der Waals surface area (Å²) in [4.78, 5) is 16.0. The van der Waals surface area contributed by atoms with E-state index in [1.807, 2.05) is 12.1 Å². The van der Waals surface area contributed by atoms with E-state index in [-0.39, 0.29) is 11.1 Å². The van der Waals surface area contributed by atoms with E-state index in [1.54, 1.807) is 18.3 Å². The maximum absolute atomic E-state index is 14.1. The molecule has 2 atom stereocenters. The molecule has 1 aromatic heterocycles. The molecule has 9 heteroatoms. The molecule has 3 heterocycles. The fourth-order valence-corrected chi connectivity index (χ4v) is 5.05. The third-order valence-electron chi connectivity index (χ3n) is 6.63. The van der Waals surface area contributed by atoms with E-state index in [2.05, 4.69) is 40.1 Å². The van der Waals surface area contributed by atoms with Crippen LogP contribution in [0.25, 0.3) is 5.70 Å². The lowest BCUT2D eigenvalue weighted by Crippen LogP contribution is -2.54. The molecule has 6 nitrogen and oxygen atoms in total. The number of benzene rings is 1. The topological polar surface area (TPSA) is 61.0 Å². The van der Waals surface area contributed by atoms with Crippen LogP contribution in [0, 0.1) is 5.82 Å². The van der Waals surface area contributed by atoms with Crippen LogP contribution in [0.3, 0.4) is 0 Å². The number of nitrogens with zero attached hydrogens (tertiary/aromatic N) is 5. The first-order valence-corrected chi connectivity index (χ1v) is 12.6. The van der Waals surface area contributed by atoms with Crippen LogP contribution >= 0.6 is 23.2 Å². The smallest absolute Gasteiger partial charge is 0.147 e. The van der Waals surface area contributed by atoms with Crippen LogP contribution in [0.4, 0.5) is 10.2 Å². The van der Waals surface area contributed by atoms with Crippen LogP contribution < -0.4 is 10.6 Å². The van der Waals surface area contributed by atoms with E-state index in [1.165, 1.54) is 12.1 Å². The van der Waals surface area contributed by atoms with E-state index < -0.39 is 5.82 Å². The summed E-state index contributed by atoms with van der Waals surface area (Å²) in [5.74, 6) is 1.67. The van der Waals surface area contributed by atoms with Gasteiger partial charge in [0.1, 0.15) is 23.3 Å². The summed E-state index contributed by atoms with van der Waals surface area (Å²) >= 11 is 12.3. The van der Waals surface area contributed by atoms with Gasteiger partial charge in [-0.2, -0.15) is 0 Å². The van der Waals surface area contributed by atoms with Crippen molar-refractivity contribution in [3.8, 4) is 0 Å². The van der Waals surface area contributed by atoms with Gasteiger partial charge in [0.2, 0.25) is 0 Å². The van der Waals surface area contributed by atoms with Crippen molar-refractivity contribution in [1.82, 2.24) is 14.8 Å². The molecule has 0 bridgehead atoms. The number of piperazine rings is 1. The van der Waals surface area contributed by atoms with E-state index in [0.717, 1.165) is 31.7 Å². The molecule has 2 N–H and O–H groups in total. The number of aromatic nitrogens is 1. The molecule has 1 aromatic carbocycles. The number of likely N-dealkylation sites (tertiary alicyclic amines) is 1. The molecule has 186 valence electrons. The Morgan fingerprint density at radius 1 is 1.14 bits per heavy atom. The van der Waals surface area contributed by atoms with Gasteiger partial charge in [0, 0.05) is 61.8 Å². The number of amidine groups is 1. The highest BCUT2D eigenvalue weighted by Crippen LogP contribution is 2.27. The van der Waals surface area contributed by atoms with Gasteiger partial charge < -0.3 is 20.4 Å². The maximum Gasteiger partial charge on any atom is 0.147 e. The fraction of sp³-hybridized carbons (Fsp3) is 0.385. The second-order valence-electron chi connectivity index (χ2n) is 9.10. The molecule has 0 radical (unpaired) electrons. The molecule has 2 aliphatic rings. The minimum absolute atomic E-state index is 0.0600. The van der Waals surface area contributed by atoms with Gasteiger partial charge in [-0.1, -0.05) is 35.8 Å². The van der Waals surface area contributed by atoms with Crippen molar-refractivity contribution >= 4 is 40.6 Å². The largest absolute Gasteiger partial charge is 0.398 e. The molecular formula is C26H31Cl2FN6. The predicted molar refractivity (Wildman–Crippen MR) is 143 cm³/mol. The van der Waals surface area contributed by atoms with Gasteiger partial charge in [-0.25, -0.2) is 14.4 Å². The summed E-state index contributed by atoms with van der Waals surface area (Å²) in [6.45, 7) is 11.6. The summed E-state index contributed by atoms with van der Waals surface area (Å²) in [6, 6.07) is 8.71. The number of hydrogen-bond donors (Lipinski definition) is 1. The molecule has 2 aliphatic heterocycles. The number of hydrogen-bond acceptors (Lipinski definition) is 5. The Kier molecular flexibility index (Phi) is 7.87. The summed E-state index contributed by atoms with van der Waals surface area (Å²) in [5.41, 5.74) is 7.38. The predicted octanol–water partition coefficient (Wildman–Crippen LogP) is 5.39. The molecule has 0 spiro atoms. The summed E-state index contributed by atoms with van der Waals surface area (Å²) in [7, 11) is 0. The average Bonchev–Trinajstić information content (AvgIpc) is 3.26. The van der Waals surface area contributed by atoms with E-state index in [4.69, 9.17) is 33.9 Å². The second-order valence-corrected chi connectivity index (χ2v) is 9.91. The highest BCUT2D eigenvalue weighted by Gasteiger charge is 2.28. The Bertz CT molecular complexity index is 1150. The molecule has 0 saturated carbocycles. The van der Waals surface area contributed by atoms with Gasteiger partial charge in [0.25, 0.3) is 0 Å². The summed E-state index contributed by atoms with van der Waals surface area (Å²) in [6.07, 6.45) is 5.79. The van der Waals surface area contributed by atoms with E-state index in [0.29, 0.717) is 47.1 Å². The molecule has 0 unspecified atom stereocenters. The molecule has 0 aliphatic carbocycles. The lowest BCUT2D eigenvalue weighted by Gasteiger charge is -2.42. The lowest BCUT2D eigenvalue weighted by molar-refractivity contribution is 0.294. The first-order chi connectivity index (χ1) is 16.7. The zero-order valence-electron chi connectivity index (χ0n) is 20.1. The van der Waals surface area contributed by atoms with Crippen molar-refractivity contribution < 1.29 is 4.39 Å². The Morgan fingerprint density at radius 2 is 1.94 bits per heavy atom. The van der Waals surface area contributed by atoms with Gasteiger partial charge in [-0.3, -0.25) is 0 Å². The summed E-state index contributed by atoms with van der Waals surface area (Å²) in [5, 5.41) is 0.692. The van der Waals surface area contributed by atoms with Crippen molar-refractivity contribution in [3.05, 3.63) is 76.4 Å². The highest BCUT2D eigenvalue weighted by molar-refractivity contribution is 6.33. The fourth-order valence-electron chi connectivity index (χ4n) is 4.69. The van der Waals surface area contributed by atoms with Gasteiger partial charge in [-0.05, 0) is 51.0 Å². The van der Waals surface area contributed by atoms with Crippen LogP contribution in [-0.2, 0) is 0 Å². The van der Waals surface area contributed by atoms with Crippen LogP contribution in [-0.4, -0.2) is 58.9 Å². The Balaban J connectivity index is 1.63. The minimum Gasteiger partial charge on any atom is -0.398 e. The molecule has 0 amide bonds. The monoisotopic (exact) mass is 516 g/mol. The Labute approximate surface area is 216 Å². The Hall–Kier alpha value is -2.77. The van der Waals surface area contributed by atoms with Gasteiger partial charge in [-0.15, -0.1) is 0 Å².